The van der Waals surface area contributed by atoms with Gasteiger partial charge in [0.1, 0.15) is 0 Å². The smallest absolute Gasteiger partial charge is 0.211 e. The molecule has 0 fully saturated rings. The monoisotopic (exact) mass is 251 g/mol. The maximum atomic E-state index is 11.6. The lowest BCUT2D eigenvalue weighted by Gasteiger charge is -2.16. The number of nitrogens with one attached hydrogen (secondary N) is 2. The Morgan fingerprint density at radius 1 is 1.56 bits per heavy atom. The molecule has 96 valence electrons. The highest BCUT2D eigenvalue weighted by molar-refractivity contribution is 7.89. The van der Waals surface area contributed by atoms with E-state index >= 15 is 0 Å². The molecule has 0 aromatic heterocycles. The van der Waals surface area contributed by atoms with Crippen LogP contribution < -0.4 is 10.5 Å². The molecule has 6 nitrogen and oxygen atoms in total. The van der Waals surface area contributed by atoms with Crippen molar-refractivity contribution in [1.29, 1.82) is 5.41 Å². The summed E-state index contributed by atoms with van der Waals surface area (Å²) >= 11 is 0. The predicted molar refractivity (Wildman–Crippen MR) is 64.0 cm³/mol. The first-order valence-electron chi connectivity index (χ1n) is 5.23. The van der Waals surface area contributed by atoms with E-state index in [2.05, 4.69) is 4.72 Å². The van der Waals surface area contributed by atoms with E-state index in [-0.39, 0.29) is 24.1 Å². The molecule has 0 aliphatic rings. The molecule has 1 atom stereocenters. The minimum atomic E-state index is -3.29. The number of rotatable bonds is 9. The van der Waals surface area contributed by atoms with Gasteiger partial charge in [-0.1, -0.05) is 6.92 Å². The van der Waals surface area contributed by atoms with Crippen molar-refractivity contribution < 1.29 is 13.2 Å². The van der Waals surface area contributed by atoms with Gasteiger partial charge in [-0.25, -0.2) is 13.1 Å². The van der Waals surface area contributed by atoms with Crippen molar-refractivity contribution in [2.45, 2.75) is 32.2 Å². The van der Waals surface area contributed by atoms with Crippen molar-refractivity contribution >= 4 is 15.9 Å². The van der Waals surface area contributed by atoms with E-state index in [1.54, 1.807) is 0 Å². The van der Waals surface area contributed by atoms with E-state index < -0.39 is 10.0 Å². The zero-order valence-corrected chi connectivity index (χ0v) is 10.6. The molecule has 0 aromatic carbocycles. The second-order valence-electron chi connectivity index (χ2n) is 3.62. The van der Waals surface area contributed by atoms with Crippen LogP contribution in [-0.4, -0.2) is 39.8 Å². The van der Waals surface area contributed by atoms with Gasteiger partial charge in [-0.2, -0.15) is 0 Å². The van der Waals surface area contributed by atoms with Crippen LogP contribution in [0.3, 0.4) is 0 Å². The molecule has 0 saturated heterocycles. The highest BCUT2D eigenvalue weighted by Crippen LogP contribution is 2.01. The SMILES string of the molecule is CCC(CC(=N)N)NS(=O)(=O)CCCOC. The maximum absolute atomic E-state index is 11.6. The summed E-state index contributed by atoms with van der Waals surface area (Å²) in [4.78, 5) is 0. The highest BCUT2D eigenvalue weighted by atomic mass is 32.2. The third kappa shape index (κ3) is 7.61. The van der Waals surface area contributed by atoms with E-state index in [1.165, 1.54) is 7.11 Å². The molecule has 16 heavy (non-hydrogen) atoms. The molecular weight excluding hydrogens is 230 g/mol. The highest BCUT2D eigenvalue weighted by Gasteiger charge is 2.16. The van der Waals surface area contributed by atoms with Gasteiger partial charge in [0.05, 0.1) is 11.6 Å². The van der Waals surface area contributed by atoms with Crippen LogP contribution in [-0.2, 0) is 14.8 Å². The molecule has 1 unspecified atom stereocenters. The third-order valence-electron chi connectivity index (χ3n) is 2.07. The summed E-state index contributed by atoms with van der Waals surface area (Å²) < 4.78 is 30.5. The van der Waals surface area contributed by atoms with E-state index in [9.17, 15) is 8.42 Å². The normalized spacial score (nSPS) is 13.6. The van der Waals surface area contributed by atoms with Gasteiger partial charge in [-0.15, -0.1) is 0 Å². The minimum absolute atomic E-state index is 0.00792. The Hall–Kier alpha value is -0.660. The maximum Gasteiger partial charge on any atom is 0.211 e. The largest absolute Gasteiger partial charge is 0.388 e. The first-order valence-corrected chi connectivity index (χ1v) is 6.88. The van der Waals surface area contributed by atoms with Crippen molar-refractivity contribution in [1.82, 2.24) is 4.72 Å². The van der Waals surface area contributed by atoms with Crippen molar-refractivity contribution in [3.63, 3.8) is 0 Å². The summed E-state index contributed by atoms with van der Waals surface area (Å²) in [5, 5.41) is 7.13. The van der Waals surface area contributed by atoms with Crippen LogP contribution in [0, 0.1) is 5.41 Å². The van der Waals surface area contributed by atoms with E-state index in [0.717, 1.165) is 0 Å². The zero-order chi connectivity index (χ0) is 12.6. The lowest BCUT2D eigenvalue weighted by atomic mass is 10.1. The molecule has 4 N–H and O–H groups in total. The summed E-state index contributed by atoms with van der Waals surface area (Å²) in [5.41, 5.74) is 5.24. The van der Waals surface area contributed by atoms with Gasteiger partial charge in [-0.3, -0.25) is 5.41 Å². The molecule has 0 aliphatic heterocycles. The van der Waals surface area contributed by atoms with E-state index in [4.69, 9.17) is 15.9 Å². The van der Waals surface area contributed by atoms with Crippen LogP contribution in [0.15, 0.2) is 0 Å². The summed E-state index contributed by atoms with van der Waals surface area (Å²) in [6.45, 7) is 2.27. The Labute approximate surface area is 97.1 Å². The quantitative estimate of drug-likeness (QED) is 0.306. The fourth-order valence-electron chi connectivity index (χ4n) is 1.24. The molecule has 0 saturated carbocycles. The second kappa shape index (κ2) is 7.59. The summed E-state index contributed by atoms with van der Waals surface area (Å²) in [6, 6.07) is -0.287. The third-order valence-corrected chi connectivity index (χ3v) is 3.59. The first kappa shape index (κ1) is 15.3. The summed E-state index contributed by atoms with van der Waals surface area (Å²) in [5.74, 6) is 0.0290. The molecule has 0 aromatic rings. The molecule has 7 heteroatoms. The summed E-state index contributed by atoms with van der Waals surface area (Å²) in [7, 11) is -1.76. The van der Waals surface area contributed by atoms with Crippen LogP contribution in [0.25, 0.3) is 0 Å². The Morgan fingerprint density at radius 3 is 2.62 bits per heavy atom. The number of amidine groups is 1. The number of methoxy groups -OCH3 is 1. The number of nitrogens with two attached hydrogens (primary N) is 1. The lowest BCUT2D eigenvalue weighted by Crippen LogP contribution is -2.38. The van der Waals surface area contributed by atoms with Crippen molar-refractivity contribution in [2.75, 3.05) is 19.5 Å². The Bertz CT molecular complexity index is 303. The van der Waals surface area contributed by atoms with Crippen molar-refractivity contribution in [3.05, 3.63) is 0 Å². The molecule has 0 bridgehead atoms. The Kier molecular flexibility index (Phi) is 7.27. The van der Waals surface area contributed by atoms with Gasteiger partial charge in [-0.05, 0) is 12.8 Å². The second-order valence-corrected chi connectivity index (χ2v) is 5.49. The van der Waals surface area contributed by atoms with Crippen LogP contribution in [0.4, 0.5) is 0 Å². The zero-order valence-electron chi connectivity index (χ0n) is 9.82. The molecule has 0 heterocycles. The number of hydrogen-bond donors (Lipinski definition) is 3. The molecule has 0 amide bonds. The van der Waals surface area contributed by atoms with E-state index in [1.807, 2.05) is 6.92 Å². The fraction of sp³-hybridized carbons (Fsp3) is 0.889. The summed E-state index contributed by atoms with van der Waals surface area (Å²) in [6.07, 6.45) is 1.32. The molecule has 0 radical (unpaired) electrons. The fourth-order valence-corrected chi connectivity index (χ4v) is 2.61. The standard InChI is InChI=1S/C9H21N3O3S/c1-3-8(7-9(10)11)12-16(13,14)6-4-5-15-2/h8,12H,3-7H2,1-2H3,(H3,10,11). The van der Waals surface area contributed by atoms with Gasteiger partial charge >= 0.3 is 0 Å². The topological polar surface area (TPSA) is 105 Å². The van der Waals surface area contributed by atoms with Crippen LogP contribution in [0.1, 0.15) is 26.2 Å². The number of hydrogen-bond acceptors (Lipinski definition) is 4. The van der Waals surface area contributed by atoms with Gasteiger partial charge in [0.2, 0.25) is 10.0 Å². The van der Waals surface area contributed by atoms with Crippen LogP contribution in [0.5, 0.6) is 0 Å². The van der Waals surface area contributed by atoms with Crippen LogP contribution in [0.2, 0.25) is 0 Å². The van der Waals surface area contributed by atoms with Gasteiger partial charge in [0.25, 0.3) is 0 Å². The van der Waals surface area contributed by atoms with E-state index in [0.29, 0.717) is 19.4 Å². The molecule has 0 aliphatic carbocycles. The average Bonchev–Trinajstić information content (AvgIpc) is 2.15. The lowest BCUT2D eigenvalue weighted by molar-refractivity contribution is 0.199. The number of sulfonamides is 1. The van der Waals surface area contributed by atoms with Gasteiger partial charge in [0, 0.05) is 26.2 Å². The van der Waals surface area contributed by atoms with Crippen molar-refractivity contribution in [2.24, 2.45) is 5.73 Å². The Balaban J connectivity index is 4.15. The number of ether oxygens (including phenoxy) is 1. The molecule has 0 spiro atoms. The van der Waals surface area contributed by atoms with Crippen molar-refractivity contribution in [3.8, 4) is 0 Å². The molecule has 0 rings (SSSR count). The first-order chi connectivity index (χ1) is 7.41. The Morgan fingerprint density at radius 2 is 2.19 bits per heavy atom. The predicted octanol–water partition coefficient (Wildman–Crippen LogP) is 0.0470. The average molecular weight is 251 g/mol. The van der Waals surface area contributed by atoms with Crippen LogP contribution >= 0.6 is 0 Å². The minimum Gasteiger partial charge on any atom is -0.388 e. The van der Waals surface area contributed by atoms with Gasteiger partial charge in [0.15, 0.2) is 0 Å². The molecular formula is C9H21N3O3S. The van der Waals surface area contributed by atoms with Gasteiger partial charge < -0.3 is 10.5 Å².